The number of aliphatic hydroxyl groups excluding tert-OH is 5. The van der Waals surface area contributed by atoms with Crippen LogP contribution >= 0.6 is 0 Å². The number of aliphatic hydroxyl groups is 5. The van der Waals surface area contributed by atoms with Gasteiger partial charge in [0.1, 0.15) is 24.6 Å². The Morgan fingerprint density at radius 1 is 0.974 bits per heavy atom. The summed E-state index contributed by atoms with van der Waals surface area (Å²) in [7, 11) is 0. The topological polar surface area (TPSA) is 166 Å². The molecule has 1 fully saturated rings. The standard InChI is InChI=1S/C27H31N5O6/c1-15-4-2-3-5-19(15)20(18-7-16(10-33)6-17(8-18)11-34)9-28-25-22-26(30-13-29-25)32(14-31-22)27-24(37)23(36)21(12-35)38-27/h2-8,13-14,20-21,23-24,27,33-37H,9-12H2,1H3,(H,28,29,30)/t20?,21-,23-,24-,27-/m1/s1. The van der Waals surface area contributed by atoms with Crippen LogP contribution in [0.15, 0.2) is 55.1 Å². The predicted octanol–water partition coefficient (Wildman–Crippen LogP) is 0.975. The molecule has 4 aromatic rings. The number of hydrogen-bond donors (Lipinski definition) is 6. The number of benzene rings is 2. The van der Waals surface area contributed by atoms with Gasteiger partial charge >= 0.3 is 0 Å². The van der Waals surface area contributed by atoms with Crippen LogP contribution in [0.2, 0.25) is 0 Å². The molecule has 38 heavy (non-hydrogen) atoms. The van der Waals surface area contributed by atoms with Crippen LogP contribution in [-0.4, -0.2) is 76.5 Å². The summed E-state index contributed by atoms with van der Waals surface area (Å²) in [4.78, 5) is 13.2. The van der Waals surface area contributed by atoms with Crippen molar-refractivity contribution in [2.75, 3.05) is 18.5 Å². The summed E-state index contributed by atoms with van der Waals surface area (Å²) in [5.41, 5.74) is 5.40. The third kappa shape index (κ3) is 4.87. The van der Waals surface area contributed by atoms with E-state index in [0.717, 1.165) is 16.7 Å². The number of nitrogens with zero attached hydrogens (tertiary/aromatic N) is 4. The molecule has 0 amide bonds. The SMILES string of the molecule is Cc1ccccc1C(CNc1ncnc2c1ncn2[C@@H]1O[C@H](CO)[C@@H](O)[C@H]1O)c1cc(CO)cc(CO)c1. The summed E-state index contributed by atoms with van der Waals surface area (Å²) in [6.45, 7) is 1.76. The normalized spacial score (nSPS) is 22.2. The molecule has 0 radical (unpaired) electrons. The molecule has 200 valence electrons. The molecule has 0 saturated carbocycles. The lowest BCUT2D eigenvalue weighted by Gasteiger charge is -2.22. The smallest absolute Gasteiger partial charge is 0.167 e. The molecule has 0 aliphatic carbocycles. The lowest BCUT2D eigenvalue weighted by Crippen LogP contribution is -2.33. The fourth-order valence-electron chi connectivity index (χ4n) is 5.04. The summed E-state index contributed by atoms with van der Waals surface area (Å²) in [5, 5.41) is 53.0. The van der Waals surface area contributed by atoms with Crippen molar-refractivity contribution in [2.24, 2.45) is 0 Å². The van der Waals surface area contributed by atoms with Crippen LogP contribution in [0.1, 0.15) is 40.0 Å². The van der Waals surface area contributed by atoms with Crippen molar-refractivity contribution >= 4 is 17.0 Å². The fraction of sp³-hybridized carbons (Fsp3) is 0.370. The maximum Gasteiger partial charge on any atom is 0.167 e. The highest BCUT2D eigenvalue weighted by molar-refractivity contribution is 5.82. The highest BCUT2D eigenvalue weighted by Crippen LogP contribution is 2.33. The minimum Gasteiger partial charge on any atom is -0.394 e. The van der Waals surface area contributed by atoms with Gasteiger partial charge in [0, 0.05) is 12.5 Å². The number of ether oxygens (including phenoxy) is 1. The molecular formula is C27H31N5O6. The molecule has 1 aliphatic heterocycles. The van der Waals surface area contributed by atoms with E-state index in [1.54, 1.807) is 6.07 Å². The van der Waals surface area contributed by atoms with E-state index < -0.39 is 31.1 Å². The van der Waals surface area contributed by atoms with Crippen molar-refractivity contribution in [2.45, 2.75) is 50.6 Å². The van der Waals surface area contributed by atoms with Crippen molar-refractivity contribution in [1.29, 1.82) is 0 Å². The van der Waals surface area contributed by atoms with Gasteiger partial charge in [0.25, 0.3) is 0 Å². The number of aromatic nitrogens is 4. The summed E-state index contributed by atoms with van der Waals surface area (Å²) in [6, 6.07) is 13.7. The van der Waals surface area contributed by atoms with Crippen molar-refractivity contribution in [3.63, 3.8) is 0 Å². The van der Waals surface area contributed by atoms with Crippen molar-refractivity contribution < 1.29 is 30.3 Å². The first-order chi connectivity index (χ1) is 18.4. The Bertz CT molecular complexity index is 1390. The van der Waals surface area contributed by atoms with E-state index in [1.165, 1.54) is 17.2 Å². The number of imidazole rings is 1. The molecule has 1 unspecified atom stereocenters. The lowest BCUT2D eigenvalue weighted by atomic mass is 9.86. The summed E-state index contributed by atoms with van der Waals surface area (Å²) >= 11 is 0. The summed E-state index contributed by atoms with van der Waals surface area (Å²) in [5.74, 6) is 0.334. The van der Waals surface area contributed by atoms with E-state index in [-0.39, 0.29) is 19.1 Å². The van der Waals surface area contributed by atoms with Gasteiger partial charge in [0.05, 0.1) is 26.1 Å². The van der Waals surface area contributed by atoms with Crippen molar-refractivity contribution in [1.82, 2.24) is 19.5 Å². The highest BCUT2D eigenvalue weighted by Gasteiger charge is 2.44. The Morgan fingerprint density at radius 3 is 2.37 bits per heavy atom. The van der Waals surface area contributed by atoms with Crippen molar-refractivity contribution in [3.05, 3.63) is 82.9 Å². The molecule has 2 aromatic carbocycles. The zero-order chi connectivity index (χ0) is 26.8. The van der Waals surface area contributed by atoms with E-state index in [2.05, 4.69) is 26.3 Å². The molecule has 5 atom stereocenters. The third-order valence-electron chi connectivity index (χ3n) is 7.03. The van der Waals surface area contributed by atoms with Crippen molar-refractivity contribution in [3.8, 4) is 0 Å². The Kier molecular flexibility index (Phi) is 7.65. The lowest BCUT2D eigenvalue weighted by molar-refractivity contribution is -0.0511. The molecule has 11 nitrogen and oxygen atoms in total. The molecule has 0 bridgehead atoms. The van der Waals surface area contributed by atoms with Gasteiger partial charge in [-0.25, -0.2) is 15.0 Å². The first-order valence-electron chi connectivity index (χ1n) is 12.4. The van der Waals surface area contributed by atoms with Gasteiger partial charge in [0.2, 0.25) is 0 Å². The molecule has 5 rings (SSSR count). The van der Waals surface area contributed by atoms with Crippen LogP contribution in [0.5, 0.6) is 0 Å². The second kappa shape index (κ2) is 11.1. The van der Waals surface area contributed by atoms with E-state index in [9.17, 15) is 25.5 Å². The van der Waals surface area contributed by atoms with E-state index in [0.29, 0.717) is 34.7 Å². The van der Waals surface area contributed by atoms with Gasteiger partial charge in [-0.15, -0.1) is 0 Å². The highest BCUT2D eigenvalue weighted by atomic mass is 16.6. The Labute approximate surface area is 219 Å². The molecule has 6 N–H and O–H groups in total. The predicted molar refractivity (Wildman–Crippen MR) is 138 cm³/mol. The first kappa shape index (κ1) is 26.2. The number of hydrogen-bond acceptors (Lipinski definition) is 10. The van der Waals surface area contributed by atoms with Crippen LogP contribution in [-0.2, 0) is 18.0 Å². The van der Waals surface area contributed by atoms with Crippen LogP contribution in [0.25, 0.3) is 11.2 Å². The van der Waals surface area contributed by atoms with Crippen LogP contribution in [0.3, 0.4) is 0 Å². The monoisotopic (exact) mass is 521 g/mol. The Morgan fingerprint density at radius 2 is 1.71 bits per heavy atom. The number of anilines is 1. The largest absolute Gasteiger partial charge is 0.394 e. The molecule has 2 aromatic heterocycles. The molecule has 11 heteroatoms. The second-order valence-corrected chi connectivity index (χ2v) is 9.46. The minimum absolute atomic E-state index is 0.138. The average molecular weight is 522 g/mol. The maximum atomic E-state index is 10.5. The van der Waals surface area contributed by atoms with Crippen LogP contribution in [0, 0.1) is 6.92 Å². The number of aryl methyl sites for hydroxylation is 1. The average Bonchev–Trinajstić information content (AvgIpc) is 3.50. The Hall–Kier alpha value is -3.45. The fourth-order valence-corrected chi connectivity index (χ4v) is 5.04. The van der Waals surface area contributed by atoms with Gasteiger partial charge in [0.15, 0.2) is 23.2 Å². The number of rotatable bonds is 9. The maximum absolute atomic E-state index is 10.5. The molecule has 1 aliphatic rings. The quantitative estimate of drug-likeness (QED) is 0.187. The van der Waals surface area contributed by atoms with E-state index >= 15 is 0 Å². The molecule has 3 heterocycles. The Balaban J connectivity index is 1.48. The van der Waals surface area contributed by atoms with Gasteiger partial charge in [-0.3, -0.25) is 4.57 Å². The molecular weight excluding hydrogens is 490 g/mol. The second-order valence-electron chi connectivity index (χ2n) is 9.46. The summed E-state index contributed by atoms with van der Waals surface area (Å²) < 4.78 is 7.17. The molecule has 0 spiro atoms. The number of fused-ring (bicyclic) bond motifs is 1. The van der Waals surface area contributed by atoms with E-state index in [1.807, 2.05) is 37.3 Å². The molecule has 1 saturated heterocycles. The van der Waals surface area contributed by atoms with Gasteiger partial charge in [-0.05, 0) is 34.7 Å². The minimum atomic E-state index is -1.26. The summed E-state index contributed by atoms with van der Waals surface area (Å²) in [6.07, 6.45) is -1.55. The van der Waals surface area contributed by atoms with Gasteiger partial charge < -0.3 is 35.6 Å². The third-order valence-corrected chi connectivity index (χ3v) is 7.03. The van der Waals surface area contributed by atoms with Crippen LogP contribution in [0.4, 0.5) is 5.82 Å². The zero-order valence-corrected chi connectivity index (χ0v) is 20.8. The van der Waals surface area contributed by atoms with Crippen LogP contribution < -0.4 is 5.32 Å². The first-order valence-corrected chi connectivity index (χ1v) is 12.4. The van der Waals surface area contributed by atoms with Gasteiger partial charge in [-0.1, -0.05) is 42.5 Å². The zero-order valence-electron chi connectivity index (χ0n) is 20.8. The van der Waals surface area contributed by atoms with Gasteiger partial charge in [-0.2, -0.15) is 0 Å². The number of nitrogens with one attached hydrogen (secondary N) is 1. The van der Waals surface area contributed by atoms with E-state index in [4.69, 9.17) is 4.74 Å².